The van der Waals surface area contributed by atoms with E-state index in [0.29, 0.717) is 30.8 Å². The number of rotatable bonds is 7. The minimum atomic E-state index is -0.0713. The summed E-state index contributed by atoms with van der Waals surface area (Å²) in [6.45, 7) is 2.84. The topological polar surface area (TPSA) is 56.5 Å². The van der Waals surface area contributed by atoms with Gasteiger partial charge >= 0.3 is 0 Å². The smallest absolute Gasteiger partial charge is 0.167 e. The maximum Gasteiger partial charge on any atom is 0.167 e. The van der Waals surface area contributed by atoms with Crippen LogP contribution in [0, 0.1) is 0 Å². The fourth-order valence-electron chi connectivity index (χ4n) is 2.39. The molecule has 112 valence electrons. The summed E-state index contributed by atoms with van der Waals surface area (Å²) in [5.74, 6) is 1.28. The van der Waals surface area contributed by atoms with Crippen molar-refractivity contribution < 1.29 is 14.6 Å². The normalized spacial score (nSPS) is 14.2. The predicted octanol–water partition coefficient (Wildman–Crippen LogP) is 2.69. The third kappa shape index (κ3) is 3.03. The van der Waals surface area contributed by atoms with Crippen LogP contribution < -0.4 is 9.47 Å². The van der Waals surface area contributed by atoms with Crippen LogP contribution in [0.4, 0.5) is 0 Å². The number of benzene rings is 1. The molecule has 1 heterocycles. The van der Waals surface area contributed by atoms with Gasteiger partial charge in [0.25, 0.3) is 0 Å². The lowest BCUT2D eigenvalue weighted by Crippen LogP contribution is -2.06. The molecule has 1 aromatic carbocycles. The first-order chi connectivity index (χ1) is 10.3. The highest BCUT2D eigenvalue weighted by molar-refractivity contribution is 5.46. The second kappa shape index (κ2) is 6.18. The Labute approximate surface area is 124 Å². The molecule has 1 N–H and O–H groups in total. The quantitative estimate of drug-likeness (QED) is 0.851. The molecular formula is C16H20N2O3. The Bertz CT molecular complexity index is 605. The van der Waals surface area contributed by atoms with Crippen molar-refractivity contribution in [1.29, 1.82) is 0 Å². The van der Waals surface area contributed by atoms with Gasteiger partial charge in [0.15, 0.2) is 11.5 Å². The molecule has 0 amide bonds. The first-order valence-electron chi connectivity index (χ1n) is 7.32. The highest BCUT2D eigenvalue weighted by Gasteiger charge is 2.25. The summed E-state index contributed by atoms with van der Waals surface area (Å²) in [5.41, 5.74) is 1.78. The lowest BCUT2D eigenvalue weighted by molar-refractivity contribution is 0.239. The Kier molecular flexibility index (Phi) is 4.10. The first kappa shape index (κ1) is 13.9. The number of aliphatic hydroxyl groups excluding tert-OH is 1. The van der Waals surface area contributed by atoms with Gasteiger partial charge < -0.3 is 19.1 Å². The molecule has 1 aliphatic carbocycles. The summed E-state index contributed by atoms with van der Waals surface area (Å²) in [4.78, 5) is 4.20. The fourth-order valence-corrected chi connectivity index (χ4v) is 2.39. The zero-order valence-electron chi connectivity index (χ0n) is 12.2. The van der Waals surface area contributed by atoms with Gasteiger partial charge in [-0.05, 0) is 25.8 Å². The number of imidazole rings is 1. The number of aliphatic hydroxyl groups is 1. The number of hydrogen-bond donors (Lipinski definition) is 1. The number of nitrogens with zero attached hydrogens (tertiary/aromatic N) is 2. The van der Waals surface area contributed by atoms with Crippen LogP contribution in [0.3, 0.4) is 0 Å². The first-order valence-corrected chi connectivity index (χ1v) is 7.32. The summed E-state index contributed by atoms with van der Waals surface area (Å²) in [5, 5.41) is 9.47. The molecule has 1 saturated carbocycles. The number of para-hydroxylation sites is 1. The SMILES string of the molecule is CCOc1cccc(CO)c1OCc1cncn1C1CC1. The minimum absolute atomic E-state index is 0.0713. The van der Waals surface area contributed by atoms with Crippen molar-refractivity contribution in [3.05, 3.63) is 42.0 Å². The van der Waals surface area contributed by atoms with Crippen molar-refractivity contribution in [3.63, 3.8) is 0 Å². The maximum absolute atomic E-state index is 9.47. The summed E-state index contributed by atoms with van der Waals surface area (Å²) >= 11 is 0. The molecule has 2 aromatic rings. The van der Waals surface area contributed by atoms with Crippen LogP contribution in [0.15, 0.2) is 30.7 Å². The van der Waals surface area contributed by atoms with E-state index in [1.165, 1.54) is 12.8 Å². The molecule has 0 unspecified atom stereocenters. The van der Waals surface area contributed by atoms with E-state index in [9.17, 15) is 5.11 Å². The van der Waals surface area contributed by atoms with Crippen LogP contribution >= 0.6 is 0 Å². The summed E-state index contributed by atoms with van der Waals surface area (Å²) < 4.78 is 13.7. The van der Waals surface area contributed by atoms with Crippen LogP contribution in [0.2, 0.25) is 0 Å². The largest absolute Gasteiger partial charge is 0.490 e. The molecular weight excluding hydrogens is 268 g/mol. The second-order valence-electron chi connectivity index (χ2n) is 5.15. The van der Waals surface area contributed by atoms with E-state index in [-0.39, 0.29) is 6.61 Å². The Morgan fingerprint density at radius 2 is 2.19 bits per heavy atom. The number of ether oxygens (including phenoxy) is 2. The van der Waals surface area contributed by atoms with E-state index < -0.39 is 0 Å². The third-order valence-electron chi connectivity index (χ3n) is 3.58. The van der Waals surface area contributed by atoms with Gasteiger partial charge in [0.05, 0.1) is 31.4 Å². The van der Waals surface area contributed by atoms with E-state index in [1.54, 1.807) is 0 Å². The molecule has 21 heavy (non-hydrogen) atoms. The zero-order valence-corrected chi connectivity index (χ0v) is 12.2. The van der Waals surface area contributed by atoms with Crippen molar-refractivity contribution >= 4 is 0 Å². The Morgan fingerprint density at radius 3 is 2.90 bits per heavy atom. The van der Waals surface area contributed by atoms with Crippen molar-refractivity contribution in [1.82, 2.24) is 9.55 Å². The molecule has 1 aromatic heterocycles. The summed E-state index contributed by atoms with van der Waals surface area (Å²) in [6, 6.07) is 6.13. The van der Waals surface area contributed by atoms with Gasteiger partial charge in [0.1, 0.15) is 6.61 Å². The molecule has 1 fully saturated rings. The highest BCUT2D eigenvalue weighted by atomic mass is 16.5. The molecule has 0 bridgehead atoms. The van der Waals surface area contributed by atoms with Gasteiger partial charge in [0, 0.05) is 11.6 Å². The van der Waals surface area contributed by atoms with Gasteiger partial charge in [-0.3, -0.25) is 0 Å². The van der Waals surface area contributed by atoms with Gasteiger partial charge in [-0.2, -0.15) is 0 Å². The number of aromatic nitrogens is 2. The van der Waals surface area contributed by atoms with Crippen LogP contribution in [0.5, 0.6) is 11.5 Å². The number of hydrogen-bond acceptors (Lipinski definition) is 4. The van der Waals surface area contributed by atoms with E-state index in [0.717, 1.165) is 11.3 Å². The van der Waals surface area contributed by atoms with Gasteiger partial charge in [-0.1, -0.05) is 12.1 Å². The fraction of sp³-hybridized carbons (Fsp3) is 0.438. The van der Waals surface area contributed by atoms with Crippen LogP contribution in [-0.4, -0.2) is 21.3 Å². The van der Waals surface area contributed by atoms with Gasteiger partial charge in [0.2, 0.25) is 0 Å². The molecule has 5 heteroatoms. The van der Waals surface area contributed by atoms with Crippen molar-refractivity contribution in [3.8, 4) is 11.5 Å². The minimum Gasteiger partial charge on any atom is -0.490 e. The highest BCUT2D eigenvalue weighted by Crippen LogP contribution is 2.36. The molecule has 0 atom stereocenters. The van der Waals surface area contributed by atoms with Crippen molar-refractivity contribution in [2.24, 2.45) is 0 Å². The summed E-state index contributed by atoms with van der Waals surface area (Å²) in [7, 11) is 0. The van der Waals surface area contributed by atoms with E-state index >= 15 is 0 Å². The Balaban J connectivity index is 1.78. The molecule has 5 nitrogen and oxygen atoms in total. The van der Waals surface area contributed by atoms with Crippen molar-refractivity contribution in [2.75, 3.05) is 6.61 Å². The Hall–Kier alpha value is -2.01. The standard InChI is InChI=1S/C16H20N2O3/c1-2-20-15-5-3-4-12(9-19)16(15)21-10-14-8-17-11-18(14)13-6-7-13/h3-5,8,11,13,19H,2,6-7,9-10H2,1H3. The molecule has 0 saturated heterocycles. The average Bonchev–Trinajstić information content (AvgIpc) is 3.25. The molecule has 0 aliphatic heterocycles. The molecule has 0 radical (unpaired) electrons. The average molecular weight is 288 g/mol. The lowest BCUT2D eigenvalue weighted by Gasteiger charge is -2.15. The molecule has 1 aliphatic rings. The van der Waals surface area contributed by atoms with Gasteiger partial charge in [-0.25, -0.2) is 4.98 Å². The van der Waals surface area contributed by atoms with Gasteiger partial charge in [-0.15, -0.1) is 0 Å². The zero-order chi connectivity index (χ0) is 14.7. The van der Waals surface area contributed by atoms with Crippen LogP contribution in [0.1, 0.15) is 37.1 Å². The summed E-state index contributed by atoms with van der Waals surface area (Å²) in [6.07, 6.45) is 6.11. The van der Waals surface area contributed by atoms with E-state index in [2.05, 4.69) is 9.55 Å². The van der Waals surface area contributed by atoms with E-state index in [1.807, 2.05) is 37.6 Å². The van der Waals surface area contributed by atoms with Crippen molar-refractivity contribution in [2.45, 2.75) is 39.0 Å². The predicted molar refractivity (Wildman–Crippen MR) is 78.4 cm³/mol. The maximum atomic E-state index is 9.47. The molecule has 0 spiro atoms. The lowest BCUT2D eigenvalue weighted by atomic mass is 10.2. The Morgan fingerprint density at radius 1 is 1.33 bits per heavy atom. The second-order valence-corrected chi connectivity index (χ2v) is 5.15. The van der Waals surface area contributed by atoms with Crippen LogP contribution in [-0.2, 0) is 13.2 Å². The van der Waals surface area contributed by atoms with E-state index in [4.69, 9.17) is 9.47 Å². The van der Waals surface area contributed by atoms with Crippen LogP contribution in [0.25, 0.3) is 0 Å². The third-order valence-corrected chi connectivity index (χ3v) is 3.58. The molecule has 3 rings (SSSR count). The monoisotopic (exact) mass is 288 g/mol.